The Balaban J connectivity index is 1.51. The van der Waals surface area contributed by atoms with Crippen LogP contribution in [0, 0.1) is 12.8 Å². The van der Waals surface area contributed by atoms with Crippen molar-refractivity contribution in [3.63, 3.8) is 0 Å². The Morgan fingerprint density at radius 3 is 2.63 bits per heavy atom. The highest BCUT2D eigenvalue weighted by Crippen LogP contribution is 2.28. The number of amides is 1. The van der Waals surface area contributed by atoms with Crippen LogP contribution in [0.3, 0.4) is 0 Å². The van der Waals surface area contributed by atoms with Crippen LogP contribution in [-0.2, 0) is 9.53 Å². The largest absolute Gasteiger partial charge is 0.377 e. The van der Waals surface area contributed by atoms with Gasteiger partial charge in [-0.2, -0.15) is 4.98 Å². The standard InChI is InChI=1S/C19H32N6O2/c1-3-10-27-16-5-4-14(12-15(16)20)18(26)25-8-6-24(7-9-25)17-11-13(2)22-19(21)23-17/h11,14-16H,3-10,12,20H2,1-2H3,(H2,21,22,23)/t14-,15+,16+/m0/s1. The number of rotatable bonds is 5. The van der Waals surface area contributed by atoms with Gasteiger partial charge in [0.25, 0.3) is 0 Å². The van der Waals surface area contributed by atoms with Gasteiger partial charge >= 0.3 is 0 Å². The Labute approximate surface area is 161 Å². The number of nitrogens with two attached hydrogens (primary N) is 2. The van der Waals surface area contributed by atoms with Gasteiger partial charge in [-0.1, -0.05) is 6.92 Å². The zero-order chi connectivity index (χ0) is 19.4. The van der Waals surface area contributed by atoms with E-state index in [9.17, 15) is 4.79 Å². The van der Waals surface area contributed by atoms with Crippen LogP contribution in [0.25, 0.3) is 0 Å². The summed E-state index contributed by atoms with van der Waals surface area (Å²) in [4.78, 5) is 25.5. The second kappa shape index (κ2) is 8.84. The Morgan fingerprint density at radius 1 is 1.26 bits per heavy atom. The molecule has 1 saturated carbocycles. The quantitative estimate of drug-likeness (QED) is 0.787. The summed E-state index contributed by atoms with van der Waals surface area (Å²) in [6, 6.07) is 1.89. The van der Waals surface area contributed by atoms with Crippen molar-refractivity contribution in [3.05, 3.63) is 11.8 Å². The third-order valence-electron chi connectivity index (χ3n) is 5.49. The zero-order valence-corrected chi connectivity index (χ0v) is 16.4. The van der Waals surface area contributed by atoms with Crippen LogP contribution < -0.4 is 16.4 Å². The molecule has 2 fully saturated rings. The summed E-state index contributed by atoms with van der Waals surface area (Å²) in [5, 5.41) is 0. The summed E-state index contributed by atoms with van der Waals surface area (Å²) >= 11 is 0. The number of hydrogen-bond acceptors (Lipinski definition) is 7. The number of anilines is 2. The number of ether oxygens (including phenoxy) is 1. The molecule has 150 valence electrons. The van der Waals surface area contributed by atoms with Crippen molar-refractivity contribution in [2.75, 3.05) is 43.4 Å². The number of carbonyl (C=O) groups excluding carboxylic acids is 1. The first-order valence-electron chi connectivity index (χ1n) is 10.00. The molecule has 1 aliphatic carbocycles. The van der Waals surface area contributed by atoms with Crippen LogP contribution in [0.4, 0.5) is 11.8 Å². The number of hydrogen-bond donors (Lipinski definition) is 2. The highest BCUT2D eigenvalue weighted by molar-refractivity contribution is 5.79. The van der Waals surface area contributed by atoms with Crippen molar-refractivity contribution in [2.45, 2.75) is 51.7 Å². The summed E-state index contributed by atoms with van der Waals surface area (Å²) in [6.45, 7) is 7.65. The summed E-state index contributed by atoms with van der Waals surface area (Å²) in [5.41, 5.74) is 12.9. The predicted octanol–water partition coefficient (Wildman–Crippen LogP) is 0.938. The average Bonchev–Trinajstić information content (AvgIpc) is 2.66. The lowest BCUT2D eigenvalue weighted by Crippen LogP contribution is -2.53. The van der Waals surface area contributed by atoms with E-state index in [2.05, 4.69) is 21.8 Å². The van der Waals surface area contributed by atoms with E-state index in [4.69, 9.17) is 16.2 Å². The minimum atomic E-state index is -0.0486. The normalized spacial score (nSPS) is 26.3. The van der Waals surface area contributed by atoms with E-state index < -0.39 is 0 Å². The number of nitrogen functional groups attached to an aromatic ring is 1. The molecule has 1 aliphatic heterocycles. The van der Waals surface area contributed by atoms with E-state index in [1.54, 1.807) is 0 Å². The minimum Gasteiger partial charge on any atom is -0.377 e. The molecule has 4 N–H and O–H groups in total. The monoisotopic (exact) mass is 376 g/mol. The van der Waals surface area contributed by atoms with Crippen LogP contribution in [0.15, 0.2) is 6.07 Å². The van der Waals surface area contributed by atoms with Gasteiger partial charge in [0.2, 0.25) is 11.9 Å². The molecule has 8 nitrogen and oxygen atoms in total. The smallest absolute Gasteiger partial charge is 0.225 e. The molecule has 0 radical (unpaired) electrons. The molecule has 1 aromatic rings. The fourth-order valence-corrected chi connectivity index (χ4v) is 4.03. The van der Waals surface area contributed by atoms with Crippen LogP contribution in [0.1, 0.15) is 38.3 Å². The molecular weight excluding hydrogens is 344 g/mol. The second-order valence-electron chi connectivity index (χ2n) is 7.62. The van der Waals surface area contributed by atoms with Crippen LogP contribution >= 0.6 is 0 Å². The van der Waals surface area contributed by atoms with Gasteiger partial charge < -0.3 is 26.0 Å². The van der Waals surface area contributed by atoms with Gasteiger partial charge in [0.1, 0.15) is 5.82 Å². The van der Waals surface area contributed by atoms with Gasteiger partial charge in [-0.15, -0.1) is 0 Å². The van der Waals surface area contributed by atoms with E-state index in [0.29, 0.717) is 19.0 Å². The fourth-order valence-electron chi connectivity index (χ4n) is 4.03. The third kappa shape index (κ3) is 4.87. The van der Waals surface area contributed by atoms with Gasteiger partial charge in [0.05, 0.1) is 6.10 Å². The molecule has 1 amide bonds. The second-order valence-corrected chi connectivity index (χ2v) is 7.62. The molecule has 8 heteroatoms. The number of nitrogens with zero attached hydrogens (tertiary/aromatic N) is 4. The molecule has 3 rings (SSSR count). The Morgan fingerprint density at radius 2 is 2.00 bits per heavy atom. The molecule has 2 aliphatic rings. The SMILES string of the molecule is CCCO[C@@H]1CC[C@H](C(=O)N2CCN(c3cc(C)nc(N)n3)CC2)C[C@H]1N. The first kappa shape index (κ1) is 19.8. The van der Waals surface area contributed by atoms with Crippen molar-refractivity contribution >= 4 is 17.7 Å². The number of piperazine rings is 1. The van der Waals surface area contributed by atoms with Crippen molar-refractivity contribution in [2.24, 2.45) is 11.7 Å². The molecule has 2 heterocycles. The maximum atomic E-state index is 12.9. The molecule has 27 heavy (non-hydrogen) atoms. The highest BCUT2D eigenvalue weighted by Gasteiger charge is 2.35. The molecule has 0 aromatic carbocycles. The van der Waals surface area contributed by atoms with Gasteiger partial charge in [-0.25, -0.2) is 4.98 Å². The lowest BCUT2D eigenvalue weighted by atomic mass is 9.83. The topological polar surface area (TPSA) is 111 Å². The third-order valence-corrected chi connectivity index (χ3v) is 5.49. The molecular formula is C19H32N6O2. The molecule has 1 aromatic heterocycles. The van der Waals surface area contributed by atoms with E-state index in [0.717, 1.165) is 56.9 Å². The lowest BCUT2D eigenvalue weighted by molar-refractivity contribution is -0.138. The van der Waals surface area contributed by atoms with E-state index in [1.807, 2.05) is 17.9 Å². The van der Waals surface area contributed by atoms with Crippen LogP contribution in [0.5, 0.6) is 0 Å². The molecule has 0 bridgehead atoms. The number of carbonyl (C=O) groups is 1. The first-order chi connectivity index (χ1) is 13.0. The maximum absolute atomic E-state index is 12.9. The van der Waals surface area contributed by atoms with Crippen molar-refractivity contribution in [1.29, 1.82) is 0 Å². The van der Waals surface area contributed by atoms with E-state index >= 15 is 0 Å². The Hall–Kier alpha value is -1.93. The summed E-state index contributed by atoms with van der Waals surface area (Å²) in [5.74, 6) is 1.38. The highest BCUT2D eigenvalue weighted by atomic mass is 16.5. The molecule has 0 unspecified atom stereocenters. The van der Waals surface area contributed by atoms with Crippen molar-refractivity contribution < 1.29 is 9.53 Å². The van der Waals surface area contributed by atoms with Crippen molar-refractivity contribution in [1.82, 2.24) is 14.9 Å². The Kier molecular flexibility index (Phi) is 6.49. The summed E-state index contributed by atoms with van der Waals surface area (Å²) < 4.78 is 5.82. The maximum Gasteiger partial charge on any atom is 0.225 e. The fraction of sp³-hybridized carbons (Fsp3) is 0.737. The van der Waals surface area contributed by atoms with Gasteiger partial charge in [-0.3, -0.25) is 4.79 Å². The van der Waals surface area contributed by atoms with Gasteiger partial charge in [-0.05, 0) is 32.6 Å². The molecule has 3 atom stereocenters. The Bertz CT molecular complexity index is 627. The minimum absolute atomic E-state index is 0.0185. The zero-order valence-electron chi connectivity index (χ0n) is 16.4. The van der Waals surface area contributed by atoms with Gasteiger partial charge in [0.15, 0.2) is 0 Å². The van der Waals surface area contributed by atoms with Crippen LogP contribution in [0.2, 0.25) is 0 Å². The predicted molar refractivity (Wildman–Crippen MR) is 105 cm³/mol. The number of aromatic nitrogens is 2. The van der Waals surface area contributed by atoms with E-state index in [-0.39, 0.29) is 24.0 Å². The van der Waals surface area contributed by atoms with Gasteiger partial charge in [0, 0.05) is 56.5 Å². The first-order valence-corrected chi connectivity index (χ1v) is 10.00. The summed E-state index contributed by atoms with van der Waals surface area (Å²) in [7, 11) is 0. The lowest BCUT2D eigenvalue weighted by Gasteiger charge is -2.39. The van der Waals surface area contributed by atoms with Crippen LogP contribution in [-0.4, -0.2) is 65.7 Å². The number of aryl methyl sites for hydroxylation is 1. The summed E-state index contributed by atoms with van der Waals surface area (Å²) in [6.07, 6.45) is 3.54. The van der Waals surface area contributed by atoms with E-state index in [1.165, 1.54) is 0 Å². The van der Waals surface area contributed by atoms with Crippen molar-refractivity contribution in [3.8, 4) is 0 Å². The molecule has 0 spiro atoms. The average molecular weight is 377 g/mol. The molecule has 1 saturated heterocycles.